The van der Waals surface area contributed by atoms with Crippen molar-refractivity contribution in [1.82, 2.24) is 0 Å². The highest BCUT2D eigenvalue weighted by atomic mass is 16.5. The van der Waals surface area contributed by atoms with Gasteiger partial charge in [0.1, 0.15) is 0 Å². The van der Waals surface area contributed by atoms with Gasteiger partial charge in [0, 0.05) is 12.0 Å². The van der Waals surface area contributed by atoms with Crippen LogP contribution >= 0.6 is 0 Å². The molecule has 0 spiro atoms. The molecule has 1 aliphatic rings. The van der Waals surface area contributed by atoms with Crippen LogP contribution < -0.4 is 5.73 Å². The van der Waals surface area contributed by atoms with Crippen LogP contribution in [0.1, 0.15) is 30.5 Å². The van der Waals surface area contributed by atoms with Crippen LogP contribution in [-0.2, 0) is 4.74 Å². The normalized spacial score (nSPS) is 27.9. The molecule has 1 heterocycles. The number of rotatable bonds is 2. The Balaban J connectivity index is 2.14. The number of aryl methyl sites for hydroxylation is 1. The predicted octanol–water partition coefficient (Wildman–Crippen LogP) is 2.42. The summed E-state index contributed by atoms with van der Waals surface area (Å²) in [7, 11) is 0. The Kier molecular flexibility index (Phi) is 3.08. The minimum absolute atomic E-state index is 0.121. The maximum atomic E-state index is 6.28. The van der Waals surface area contributed by atoms with Gasteiger partial charge in [0.25, 0.3) is 0 Å². The van der Waals surface area contributed by atoms with E-state index in [0.717, 1.165) is 13.0 Å². The largest absolute Gasteiger partial charge is 0.378 e. The summed E-state index contributed by atoms with van der Waals surface area (Å²) in [6.45, 7) is 5.04. The maximum Gasteiger partial charge on any atom is 0.0551 e. The molecule has 0 saturated carbocycles. The molecule has 2 nitrogen and oxygen atoms in total. The Bertz CT molecular complexity index is 337. The lowest BCUT2D eigenvalue weighted by Crippen LogP contribution is -2.22. The van der Waals surface area contributed by atoms with Gasteiger partial charge in [0.2, 0.25) is 0 Å². The number of benzene rings is 1. The van der Waals surface area contributed by atoms with Gasteiger partial charge in [0.05, 0.1) is 12.7 Å². The summed E-state index contributed by atoms with van der Waals surface area (Å²) < 4.78 is 5.57. The molecule has 82 valence electrons. The molecule has 0 amide bonds. The Morgan fingerprint density at radius 1 is 1.40 bits per heavy atom. The summed E-state index contributed by atoms with van der Waals surface area (Å²) in [6.07, 6.45) is 1.44. The molecule has 2 heteroatoms. The first-order chi connectivity index (χ1) is 7.18. The molecular weight excluding hydrogens is 186 g/mol. The summed E-state index contributed by atoms with van der Waals surface area (Å²) in [6, 6.07) is 8.48. The SMILES string of the molecule is Cc1ccccc1C(N)C1COC(C)C1. The molecule has 0 radical (unpaired) electrons. The zero-order valence-electron chi connectivity index (χ0n) is 9.44. The first-order valence-electron chi connectivity index (χ1n) is 5.61. The van der Waals surface area contributed by atoms with Crippen molar-refractivity contribution in [2.24, 2.45) is 11.7 Å². The fraction of sp³-hybridized carbons (Fsp3) is 0.538. The lowest BCUT2D eigenvalue weighted by Gasteiger charge is -2.19. The van der Waals surface area contributed by atoms with E-state index < -0.39 is 0 Å². The molecule has 1 saturated heterocycles. The number of hydrogen-bond donors (Lipinski definition) is 1. The lowest BCUT2D eigenvalue weighted by atomic mass is 9.89. The number of ether oxygens (including phenoxy) is 1. The van der Waals surface area contributed by atoms with Gasteiger partial charge in [-0.1, -0.05) is 24.3 Å². The van der Waals surface area contributed by atoms with Gasteiger partial charge in [-0.15, -0.1) is 0 Å². The van der Waals surface area contributed by atoms with E-state index in [1.54, 1.807) is 0 Å². The van der Waals surface area contributed by atoms with Crippen molar-refractivity contribution in [3.05, 3.63) is 35.4 Å². The summed E-state index contributed by atoms with van der Waals surface area (Å²) in [5, 5.41) is 0. The van der Waals surface area contributed by atoms with E-state index in [0.29, 0.717) is 12.0 Å². The summed E-state index contributed by atoms with van der Waals surface area (Å²) in [5.74, 6) is 0.473. The monoisotopic (exact) mass is 205 g/mol. The molecule has 0 aliphatic carbocycles. The minimum Gasteiger partial charge on any atom is -0.378 e. The fourth-order valence-corrected chi connectivity index (χ4v) is 2.32. The van der Waals surface area contributed by atoms with Crippen LogP contribution in [0.15, 0.2) is 24.3 Å². The van der Waals surface area contributed by atoms with Gasteiger partial charge >= 0.3 is 0 Å². The van der Waals surface area contributed by atoms with E-state index in [1.165, 1.54) is 11.1 Å². The molecule has 2 rings (SSSR count). The van der Waals surface area contributed by atoms with Gasteiger partial charge < -0.3 is 10.5 Å². The first kappa shape index (κ1) is 10.7. The molecule has 2 N–H and O–H groups in total. The van der Waals surface area contributed by atoms with Crippen LogP contribution in [0.3, 0.4) is 0 Å². The Labute approximate surface area is 91.4 Å². The van der Waals surface area contributed by atoms with Crippen molar-refractivity contribution in [2.75, 3.05) is 6.61 Å². The fourth-order valence-electron chi connectivity index (χ4n) is 2.32. The molecule has 1 aromatic rings. The average Bonchev–Trinajstić information content (AvgIpc) is 2.65. The zero-order valence-corrected chi connectivity index (χ0v) is 9.44. The second kappa shape index (κ2) is 4.33. The number of hydrogen-bond acceptors (Lipinski definition) is 2. The number of nitrogens with two attached hydrogens (primary N) is 1. The smallest absolute Gasteiger partial charge is 0.0551 e. The Morgan fingerprint density at radius 2 is 2.13 bits per heavy atom. The highest BCUT2D eigenvalue weighted by Crippen LogP contribution is 2.31. The third-order valence-corrected chi connectivity index (χ3v) is 3.28. The van der Waals surface area contributed by atoms with Gasteiger partial charge in [-0.05, 0) is 31.4 Å². The van der Waals surface area contributed by atoms with Crippen LogP contribution in [0.25, 0.3) is 0 Å². The van der Waals surface area contributed by atoms with E-state index in [2.05, 4.69) is 38.1 Å². The van der Waals surface area contributed by atoms with E-state index in [4.69, 9.17) is 10.5 Å². The van der Waals surface area contributed by atoms with Gasteiger partial charge in [-0.25, -0.2) is 0 Å². The summed E-state index contributed by atoms with van der Waals surface area (Å²) >= 11 is 0. The molecule has 1 aromatic carbocycles. The average molecular weight is 205 g/mol. The third kappa shape index (κ3) is 2.21. The Hall–Kier alpha value is -0.860. The molecule has 3 atom stereocenters. The van der Waals surface area contributed by atoms with Gasteiger partial charge in [-0.3, -0.25) is 0 Å². The quantitative estimate of drug-likeness (QED) is 0.804. The van der Waals surface area contributed by atoms with Crippen LogP contribution in [0.2, 0.25) is 0 Å². The van der Waals surface area contributed by atoms with Crippen LogP contribution in [-0.4, -0.2) is 12.7 Å². The van der Waals surface area contributed by atoms with E-state index in [-0.39, 0.29) is 6.04 Å². The van der Waals surface area contributed by atoms with E-state index in [9.17, 15) is 0 Å². The van der Waals surface area contributed by atoms with Crippen molar-refractivity contribution < 1.29 is 4.74 Å². The minimum atomic E-state index is 0.121. The van der Waals surface area contributed by atoms with Crippen LogP contribution in [0.5, 0.6) is 0 Å². The predicted molar refractivity (Wildman–Crippen MR) is 61.6 cm³/mol. The van der Waals surface area contributed by atoms with Gasteiger partial charge in [-0.2, -0.15) is 0 Å². The maximum absolute atomic E-state index is 6.28. The Morgan fingerprint density at radius 3 is 2.73 bits per heavy atom. The second-order valence-corrected chi connectivity index (χ2v) is 4.52. The summed E-state index contributed by atoms with van der Waals surface area (Å²) in [4.78, 5) is 0. The van der Waals surface area contributed by atoms with Crippen LogP contribution in [0.4, 0.5) is 0 Å². The summed E-state index contributed by atoms with van der Waals surface area (Å²) in [5.41, 5.74) is 8.83. The molecular formula is C13H19NO. The molecule has 1 aliphatic heterocycles. The second-order valence-electron chi connectivity index (χ2n) is 4.52. The standard InChI is InChI=1S/C13H19NO/c1-9-5-3-4-6-12(9)13(14)11-7-10(2)15-8-11/h3-6,10-11,13H,7-8,14H2,1-2H3. The van der Waals surface area contributed by atoms with Crippen LogP contribution in [0, 0.1) is 12.8 Å². The van der Waals surface area contributed by atoms with Crippen molar-refractivity contribution in [2.45, 2.75) is 32.4 Å². The van der Waals surface area contributed by atoms with Crippen molar-refractivity contribution in [3.63, 3.8) is 0 Å². The highest BCUT2D eigenvalue weighted by molar-refractivity contribution is 5.29. The topological polar surface area (TPSA) is 35.2 Å². The molecule has 1 fully saturated rings. The molecule has 0 aromatic heterocycles. The zero-order chi connectivity index (χ0) is 10.8. The van der Waals surface area contributed by atoms with Gasteiger partial charge in [0.15, 0.2) is 0 Å². The lowest BCUT2D eigenvalue weighted by molar-refractivity contribution is 0.118. The molecule has 0 bridgehead atoms. The van der Waals surface area contributed by atoms with Crippen molar-refractivity contribution in [3.8, 4) is 0 Å². The van der Waals surface area contributed by atoms with E-state index in [1.807, 2.05) is 0 Å². The first-order valence-corrected chi connectivity index (χ1v) is 5.61. The van der Waals surface area contributed by atoms with Crippen molar-refractivity contribution in [1.29, 1.82) is 0 Å². The van der Waals surface area contributed by atoms with E-state index >= 15 is 0 Å². The highest BCUT2D eigenvalue weighted by Gasteiger charge is 2.28. The third-order valence-electron chi connectivity index (χ3n) is 3.28. The van der Waals surface area contributed by atoms with Crippen molar-refractivity contribution >= 4 is 0 Å². The molecule has 15 heavy (non-hydrogen) atoms. The molecule has 3 unspecified atom stereocenters.